The lowest BCUT2D eigenvalue weighted by Crippen LogP contribution is -2.54. The number of amides is 5. The van der Waals surface area contributed by atoms with Crippen molar-refractivity contribution >= 4 is 105 Å². The van der Waals surface area contributed by atoms with Gasteiger partial charge in [-0.3, -0.25) is 38.7 Å². The average Bonchev–Trinajstić information content (AvgIpc) is 1.05. The molecule has 0 radical (unpaired) electrons. The van der Waals surface area contributed by atoms with Crippen molar-refractivity contribution in [2.75, 3.05) is 247 Å². The van der Waals surface area contributed by atoms with E-state index in [1.807, 2.05) is 63.8 Å². The maximum absolute atomic E-state index is 13.3. The number of aromatic nitrogens is 6. The Morgan fingerprint density at radius 1 is 0.441 bits per heavy atom. The number of ether oxygens (including phenoxy) is 6. The highest BCUT2D eigenvalue weighted by molar-refractivity contribution is 6.07. The first-order chi connectivity index (χ1) is 61.0. The number of benzene rings is 3. The molecule has 3 saturated heterocycles. The lowest BCUT2D eigenvalue weighted by Gasteiger charge is -2.42. The summed E-state index contributed by atoms with van der Waals surface area (Å²) in [5.74, 6) is 3.95. The maximum atomic E-state index is 13.3. The second-order valence-electron chi connectivity index (χ2n) is 34.6. The van der Waals surface area contributed by atoms with Gasteiger partial charge in [0.1, 0.15) is 52.4 Å². The van der Waals surface area contributed by atoms with Gasteiger partial charge in [0.2, 0.25) is 35.6 Å². The van der Waals surface area contributed by atoms with Crippen LogP contribution in [0.2, 0.25) is 0 Å². The van der Waals surface area contributed by atoms with Gasteiger partial charge in [-0.2, -0.15) is 15.0 Å². The molecular formula is C90H134N24O13. The van der Waals surface area contributed by atoms with Crippen molar-refractivity contribution in [1.29, 1.82) is 0 Å². The summed E-state index contributed by atoms with van der Waals surface area (Å²) in [6.07, 6.45) is 8.88. The Morgan fingerprint density at radius 2 is 0.724 bits per heavy atom. The zero-order valence-corrected chi connectivity index (χ0v) is 77.5. The molecular weight excluding hydrogens is 1630 g/mol. The largest absolute Gasteiger partial charge is 0.491 e. The van der Waals surface area contributed by atoms with Crippen LogP contribution in [-0.2, 0) is 47.9 Å². The topological polar surface area (TPSA) is 380 Å². The maximum Gasteiger partial charge on any atom is 0.336 e. The number of anilines is 12. The Balaban J connectivity index is 0.000000163. The number of hydrogen-bond acceptors (Lipinski definition) is 31. The van der Waals surface area contributed by atoms with Crippen LogP contribution in [0.5, 0.6) is 17.2 Å². The fraction of sp³-hybridized carbons (Fsp3) is 0.600. The molecule has 9 aliphatic rings. The smallest absolute Gasteiger partial charge is 0.336 e. The molecule has 692 valence electrons. The minimum Gasteiger partial charge on any atom is -0.491 e. The summed E-state index contributed by atoms with van der Waals surface area (Å²) in [6, 6.07) is 9.96. The SMILES string of the molecule is CC[C@@H]1C(=O)N(C)c2cnc(Nc3ccc(C(=O)NC[C@@H](CN4CCN(C)CC4)OC)c4c3OCC4)nc2N1C(C)C.CC[C@@H]1C(=O)N(C)c2cnc(Nc3ccc(C(=O)NC[C@@H](CN4CCN(C)CC4)OC)c4c3OCC4)nc2N1C(C)C.CC[C@@H]1C(=O)N(C)c2cnc(Nc3ccc(C(=O)O)c4c3OCC4)nc2N1C(C)C.CO[C@@H](CN)CN1CCN(C)CC1. The molecule has 0 aliphatic carbocycles. The van der Waals surface area contributed by atoms with Crippen LogP contribution in [0.1, 0.15) is 129 Å². The summed E-state index contributed by atoms with van der Waals surface area (Å²) in [7, 11) is 16.8. The van der Waals surface area contributed by atoms with E-state index in [-0.39, 0.29) is 89.7 Å². The highest BCUT2D eigenvalue weighted by Gasteiger charge is 2.43. The number of carboxylic acids is 1. The van der Waals surface area contributed by atoms with E-state index in [1.165, 1.54) is 0 Å². The molecule has 6 aromatic rings. The summed E-state index contributed by atoms with van der Waals surface area (Å²) in [6.45, 7) is 36.5. The molecule has 3 aromatic carbocycles. The monoisotopic (exact) mass is 1760 g/mol. The standard InChI is InChI=1S/2C30H44N8O4.C21H25N5O4.C9H21N3O/c2*1-7-24-29(40)36(5)25-17-32-30(34-27(25)38(24)19(2)3)33-23-9-8-22(21-10-15-42-26(21)23)28(39)31-16-20(41-6)18-37-13-11-35(4)12-14-37;1-5-15-19(27)25(4)16-10-22-21(24-18(16)26(15)11(2)3)23-14-7-6-13(20(28)29)12-8-9-30-17(12)14;1-11-3-5-12(6-4-11)8-9(7-10)13-2/h2*8-9,17,19-20,24H,7,10-16,18H2,1-6H3,(H,31,39)(H,32,33,34);6-7,10-11,15H,5,8-9H2,1-4H3,(H,28,29)(H,22,23,24);9H,3-8,10H2,1-2H3/t2*20-,24+;15-;9-/m0010/s1. The van der Waals surface area contributed by atoms with Gasteiger partial charge < -0.3 is 110 Å². The van der Waals surface area contributed by atoms with E-state index in [0.717, 1.165) is 109 Å². The summed E-state index contributed by atoms with van der Waals surface area (Å²) >= 11 is 0. The van der Waals surface area contributed by atoms with Crippen LogP contribution in [0.4, 0.5) is 69.4 Å². The number of nitrogens with one attached hydrogen (secondary N) is 5. The van der Waals surface area contributed by atoms with Crippen molar-refractivity contribution in [1.82, 2.24) is 69.9 Å². The number of carbonyl (C=O) groups is 6. The van der Waals surface area contributed by atoms with Crippen molar-refractivity contribution in [3.05, 3.63) is 88.4 Å². The van der Waals surface area contributed by atoms with Crippen LogP contribution in [-0.4, -0.2) is 356 Å². The van der Waals surface area contributed by atoms with Crippen LogP contribution in [0.25, 0.3) is 0 Å². The molecule has 0 spiro atoms. The lowest BCUT2D eigenvalue weighted by atomic mass is 10.0. The van der Waals surface area contributed by atoms with Gasteiger partial charge in [0.25, 0.3) is 11.8 Å². The summed E-state index contributed by atoms with van der Waals surface area (Å²) in [5, 5.41) is 25.3. The Bertz CT molecular complexity index is 4610. The van der Waals surface area contributed by atoms with Gasteiger partial charge in [0, 0.05) is 225 Å². The van der Waals surface area contributed by atoms with Crippen molar-refractivity contribution in [2.45, 2.75) is 155 Å². The van der Waals surface area contributed by atoms with E-state index in [2.05, 4.69) is 130 Å². The quantitative estimate of drug-likeness (QED) is 0.0272. The zero-order valence-electron chi connectivity index (χ0n) is 77.5. The Kier molecular flexibility index (Phi) is 32.8. The Hall–Kier alpha value is -10.5. The van der Waals surface area contributed by atoms with E-state index in [9.17, 15) is 33.9 Å². The first kappa shape index (κ1) is 95.6. The number of hydrogen-bond donors (Lipinski definition) is 7. The summed E-state index contributed by atoms with van der Waals surface area (Å²) in [4.78, 5) is 130. The third-order valence-corrected chi connectivity index (χ3v) is 25.2. The Labute approximate surface area is 747 Å². The molecule has 127 heavy (non-hydrogen) atoms. The third-order valence-electron chi connectivity index (χ3n) is 25.2. The average molecular weight is 1760 g/mol. The molecule has 9 aliphatic heterocycles. The van der Waals surface area contributed by atoms with Crippen molar-refractivity contribution in [3.8, 4) is 17.2 Å². The van der Waals surface area contributed by atoms with Gasteiger partial charge in [-0.05, 0) is 118 Å². The zero-order chi connectivity index (χ0) is 91.2. The van der Waals surface area contributed by atoms with Gasteiger partial charge in [0.15, 0.2) is 17.5 Å². The predicted octanol–water partition coefficient (Wildman–Crippen LogP) is 6.26. The number of likely N-dealkylation sites (N-methyl/N-ethyl adjacent to an activating group) is 6. The van der Waals surface area contributed by atoms with Crippen LogP contribution < -0.4 is 75.9 Å². The normalized spacial score (nSPS) is 19.7. The number of carboxylic acid groups (broad SMARTS) is 1. The molecule has 37 heteroatoms. The first-order valence-corrected chi connectivity index (χ1v) is 44.8. The molecule has 0 unspecified atom stereocenters. The van der Waals surface area contributed by atoms with Gasteiger partial charge in [0.05, 0.1) is 79.3 Å². The molecule has 8 N–H and O–H groups in total. The molecule has 6 atom stereocenters. The molecule has 0 saturated carbocycles. The molecule has 5 amide bonds. The fourth-order valence-electron chi connectivity index (χ4n) is 17.7. The molecule has 3 aromatic heterocycles. The number of methoxy groups -OCH3 is 3. The number of nitrogens with zero attached hydrogens (tertiary/aromatic N) is 18. The van der Waals surface area contributed by atoms with Crippen LogP contribution in [0.3, 0.4) is 0 Å². The minimum atomic E-state index is -0.973. The summed E-state index contributed by atoms with van der Waals surface area (Å²) in [5.41, 5.74) is 13.5. The first-order valence-electron chi connectivity index (χ1n) is 44.8. The van der Waals surface area contributed by atoms with E-state index >= 15 is 0 Å². The highest BCUT2D eigenvalue weighted by atomic mass is 16.5. The van der Waals surface area contributed by atoms with E-state index in [0.29, 0.717) is 181 Å². The number of fused-ring (bicyclic) bond motifs is 6. The molecule has 37 nitrogen and oxygen atoms in total. The van der Waals surface area contributed by atoms with Crippen molar-refractivity contribution in [2.24, 2.45) is 5.73 Å². The highest BCUT2D eigenvalue weighted by Crippen LogP contribution is 2.45. The van der Waals surface area contributed by atoms with E-state index in [1.54, 1.807) is 87.9 Å². The molecule has 0 bridgehead atoms. The van der Waals surface area contributed by atoms with Gasteiger partial charge in [-0.1, -0.05) is 20.8 Å². The fourth-order valence-corrected chi connectivity index (χ4v) is 17.7. The minimum absolute atomic E-state index is 0.0264. The number of carbonyl (C=O) groups excluding carboxylic acids is 5. The second kappa shape index (κ2) is 43.5. The number of nitrogens with two attached hydrogens (primary N) is 1. The predicted molar refractivity (Wildman–Crippen MR) is 493 cm³/mol. The molecule has 15 rings (SSSR count). The number of piperazine rings is 3. The second-order valence-corrected chi connectivity index (χ2v) is 34.6. The van der Waals surface area contributed by atoms with Gasteiger partial charge >= 0.3 is 5.97 Å². The van der Waals surface area contributed by atoms with Crippen LogP contribution in [0.15, 0.2) is 55.0 Å². The van der Waals surface area contributed by atoms with E-state index in [4.69, 9.17) is 49.1 Å². The van der Waals surface area contributed by atoms with Crippen molar-refractivity contribution in [3.63, 3.8) is 0 Å². The lowest BCUT2D eigenvalue weighted by molar-refractivity contribution is -0.120. The van der Waals surface area contributed by atoms with Crippen LogP contribution >= 0.6 is 0 Å². The Morgan fingerprint density at radius 3 is 0.992 bits per heavy atom. The van der Waals surface area contributed by atoms with Crippen LogP contribution in [0, 0.1) is 0 Å². The van der Waals surface area contributed by atoms with E-state index < -0.39 is 5.97 Å². The van der Waals surface area contributed by atoms with Gasteiger partial charge in [-0.25, -0.2) is 19.7 Å². The molecule has 3 fully saturated rings. The van der Waals surface area contributed by atoms with Gasteiger partial charge in [-0.15, -0.1) is 0 Å². The number of rotatable bonds is 29. The molecule has 12 heterocycles. The third kappa shape index (κ3) is 22.1. The summed E-state index contributed by atoms with van der Waals surface area (Å²) < 4.78 is 34.3. The number of aromatic carboxylic acids is 1. The van der Waals surface area contributed by atoms with Crippen molar-refractivity contribution < 1.29 is 62.3 Å².